The number of carbonyl (C=O) groups is 2. The van der Waals surface area contributed by atoms with Gasteiger partial charge in [-0.3, -0.25) is 0 Å². The standard InChI is InChI=1S/C19H25N3O4/c1-13-16(17(23)25-12-14-9-7-6-8-10-14)21-15(22(13)5)11-20-18(24)26-19(2,3)4/h6-10H,11-12H2,1-5H3,(H,20,24). The van der Waals surface area contributed by atoms with E-state index in [9.17, 15) is 9.59 Å². The molecule has 0 aliphatic heterocycles. The van der Waals surface area contributed by atoms with E-state index in [-0.39, 0.29) is 18.8 Å². The van der Waals surface area contributed by atoms with Crippen LogP contribution in [0.5, 0.6) is 0 Å². The second kappa shape index (κ2) is 8.03. The van der Waals surface area contributed by atoms with Gasteiger partial charge in [0.1, 0.15) is 18.0 Å². The minimum atomic E-state index is -0.575. The summed E-state index contributed by atoms with van der Waals surface area (Å²) in [5.74, 6) is 0.0468. The van der Waals surface area contributed by atoms with E-state index in [0.29, 0.717) is 11.5 Å². The lowest BCUT2D eigenvalue weighted by Crippen LogP contribution is -2.32. The number of carbonyl (C=O) groups excluding carboxylic acids is 2. The third-order valence-corrected chi connectivity index (χ3v) is 3.67. The predicted octanol–water partition coefficient (Wildman–Crippen LogP) is 3.11. The van der Waals surface area contributed by atoms with Crippen LogP contribution in [0.15, 0.2) is 30.3 Å². The minimum Gasteiger partial charge on any atom is -0.456 e. The van der Waals surface area contributed by atoms with Gasteiger partial charge in [0, 0.05) is 12.7 Å². The molecule has 0 aliphatic carbocycles. The fourth-order valence-corrected chi connectivity index (χ4v) is 2.25. The summed E-state index contributed by atoms with van der Waals surface area (Å²) in [6.07, 6.45) is -0.536. The third kappa shape index (κ3) is 5.34. The van der Waals surface area contributed by atoms with Gasteiger partial charge in [-0.1, -0.05) is 30.3 Å². The highest BCUT2D eigenvalue weighted by atomic mass is 16.6. The molecule has 26 heavy (non-hydrogen) atoms. The number of amides is 1. The van der Waals surface area contributed by atoms with Crippen LogP contribution in [0.1, 0.15) is 48.3 Å². The number of rotatable bonds is 5. The van der Waals surface area contributed by atoms with Gasteiger partial charge in [-0.05, 0) is 33.3 Å². The second-order valence-electron chi connectivity index (χ2n) is 6.94. The van der Waals surface area contributed by atoms with Crippen molar-refractivity contribution in [3.63, 3.8) is 0 Å². The summed E-state index contributed by atoms with van der Waals surface area (Å²) in [5.41, 5.74) is 1.24. The molecule has 0 bridgehead atoms. The first-order valence-corrected chi connectivity index (χ1v) is 8.37. The largest absolute Gasteiger partial charge is 0.456 e. The Kier molecular flexibility index (Phi) is 6.02. The van der Waals surface area contributed by atoms with Gasteiger partial charge in [0.05, 0.1) is 6.54 Å². The van der Waals surface area contributed by atoms with E-state index in [4.69, 9.17) is 9.47 Å². The molecule has 1 amide bonds. The zero-order chi connectivity index (χ0) is 19.3. The molecule has 0 radical (unpaired) electrons. The molecule has 1 aromatic heterocycles. The fraction of sp³-hybridized carbons (Fsp3) is 0.421. The number of nitrogens with one attached hydrogen (secondary N) is 1. The molecule has 0 fully saturated rings. The molecule has 1 aromatic carbocycles. The number of benzene rings is 1. The molecular formula is C19H25N3O4. The number of nitrogens with zero attached hydrogens (tertiary/aromatic N) is 2. The second-order valence-corrected chi connectivity index (χ2v) is 6.94. The molecule has 0 saturated carbocycles. The summed E-state index contributed by atoms with van der Waals surface area (Å²) in [7, 11) is 1.78. The Labute approximate surface area is 153 Å². The molecule has 0 aliphatic rings. The van der Waals surface area contributed by atoms with Gasteiger partial charge in [-0.2, -0.15) is 0 Å². The van der Waals surface area contributed by atoms with Crippen molar-refractivity contribution in [1.82, 2.24) is 14.9 Å². The Hall–Kier alpha value is -2.83. The monoisotopic (exact) mass is 359 g/mol. The van der Waals surface area contributed by atoms with E-state index in [1.165, 1.54) is 0 Å². The quantitative estimate of drug-likeness (QED) is 0.830. The summed E-state index contributed by atoms with van der Waals surface area (Å²) >= 11 is 0. The van der Waals surface area contributed by atoms with Crippen molar-refractivity contribution in [1.29, 1.82) is 0 Å². The average molecular weight is 359 g/mol. The maximum Gasteiger partial charge on any atom is 0.408 e. The Bertz CT molecular complexity index is 776. The first kappa shape index (κ1) is 19.5. The lowest BCUT2D eigenvalue weighted by Gasteiger charge is -2.19. The Morgan fingerprint density at radius 1 is 1.19 bits per heavy atom. The van der Waals surface area contributed by atoms with Gasteiger partial charge in [0.2, 0.25) is 0 Å². The van der Waals surface area contributed by atoms with Gasteiger partial charge < -0.3 is 19.4 Å². The van der Waals surface area contributed by atoms with Gasteiger partial charge in [-0.25, -0.2) is 14.6 Å². The number of hydrogen-bond acceptors (Lipinski definition) is 5. The first-order valence-electron chi connectivity index (χ1n) is 8.37. The molecule has 2 rings (SSSR count). The molecule has 0 unspecified atom stereocenters. The van der Waals surface area contributed by atoms with Gasteiger partial charge in [0.15, 0.2) is 5.69 Å². The van der Waals surface area contributed by atoms with E-state index < -0.39 is 17.7 Å². The summed E-state index contributed by atoms with van der Waals surface area (Å²) in [6.45, 7) is 7.48. The molecule has 1 heterocycles. The van der Waals surface area contributed by atoms with E-state index in [2.05, 4.69) is 10.3 Å². The number of esters is 1. The van der Waals surface area contributed by atoms with Crippen LogP contribution in [0, 0.1) is 6.92 Å². The van der Waals surface area contributed by atoms with E-state index >= 15 is 0 Å². The van der Waals surface area contributed by atoms with Gasteiger partial charge >= 0.3 is 12.1 Å². The van der Waals surface area contributed by atoms with Crippen LogP contribution in [0.2, 0.25) is 0 Å². The van der Waals surface area contributed by atoms with Crippen molar-refractivity contribution in [2.45, 2.75) is 46.4 Å². The number of imidazole rings is 1. The van der Waals surface area contributed by atoms with Crippen molar-refractivity contribution >= 4 is 12.1 Å². The Balaban J connectivity index is 1.99. The molecule has 7 heteroatoms. The molecule has 7 nitrogen and oxygen atoms in total. The fourth-order valence-electron chi connectivity index (χ4n) is 2.25. The predicted molar refractivity (Wildman–Crippen MR) is 96.6 cm³/mol. The summed E-state index contributed by atoms with van der Waals surface area (Å²) < 4.78 is 12.3. The number of aromatic nitrogens is 2. The average Bonchev–Trinajstić information content (AvgIpc) is 2.85. The smallest absolute Gasteiger partial charge is 0.408 e. The van der Waals surface area contributed by atoms with Crippen LogP contribution in [0.4, 0.5) is 4.79 Å². The van der Waals surface area contributed by atoms with Crippen LogP contribution in [-0.2, 0) is 29.7 Å². The lowest BCUT2D eigenvalue weighted by molar-refractivity contribution is 0.0464. The summed E-state index contributed by atoms with van der Waals surface area (Å²) in [5, 5.41) is 2.64. The van der Waals surface area contributed by atoms with Crippen LogP contribution in [-0.4, -0.2) is 27.2 Å². The molecule has 0 spiro atoms. The van der Waals surface area contributed by atoms with Crippen molar-refractivity contribution in [2.75, 3.05) is 0 Å². The molecule has 140 valence electrons. The molecule has 0 atom stereocenters. The van der Waals surface area contributed by atoms with E-state index in [0.717, 1.165) is 5.56 Å². The normalized spacial score (nSPS) is 11.1. The zero-order valence-electron chi connectivity index (χ0n) is 15.8. The highest BCUT2D eigenvalue weighted by Crippen LogP contribution is 2.13. The van der Waals surface area contributed by atoms with Crippen LogP contribution in [0.25, 0.3) is 0 Å². The maximum atomic E-state index is 12.3. The SMILES string of the molecule is Cc1c(C(=O)OCc2ccccc2)nc(CNC(=O)OC(C)(C)C)n1C. The molecule has 2 aromatic rings. The topological polar surface area (TPSA) is 82.4 Å². The minimum absolute atomic E-state index is 0.151. The number of hydrogen-bond donors (Lipinski definition) is 1. The third-order valence-electron chi connectivity index (χ3n) is 3.67. The molecule has 0 saturated heterocycles. The Morgan fingerprint density at radius 2 is 1.85 bits per heavy atom. The molecule has 1 N–H and O–H groups in total. The Morgan fingerprint density at radius 3 is 2.46 bits per heavy atom. The summed E-state index contributed by atoms with van der Waals surface area (Å²) in [6, 6.07) is 9.44. The summed E-state index contributed by atoms with van der Waals surface area (Å²) in [4.78, 5) is 28.4. The highest BCUT2D eigenvalue weighted by molar-refractivity contribution is 5.88. The first-order chi connectivity index (χ1) is 12.2. The zero-order valence-corrected chi connectivity index (χ0v) is 15.8. The van der Waals surface area contributed by atoms with Crippen molar-refractivity contribution < 1.29 is 19.1 Å². The lowest BCUT2D eigenvalue weighted by atomic mass is 10.2. The van der Waals surface area contributed by atoms with Crippen LogP contribution < -0.4 is 5.32 Å². The van der Waals surface area contributed by atoms with Crippen LogP contribution in [0.3, 0.4) is 0 Å². The number of alkyl carbamates (subject to hydrolysis) is 1. The van der Waals surface area contributed by atoms with Gasteiger partial charge in [-0.15, -0.1) is 0 Å². The van der Waals surface area contributed by atoms with E-state index in [1.807, 2.05) is 30.3 Å². The number of ether oxygens (including phenoxy) is 2. The van der Waals surface area contributed by atoms with Crippen molar-refractivity contribution in [3.05, 3.63) is 53.1 Å². The highest BCUT2D eigenvalue weighted by Gasteiger charge is 2.21. The van der Waals surface area contributed by atoms with Crippen LogP contribution >= 0.6 is 0 Å². The van der Waals surface area contributed by atoms with Crippen molar-refractivity contribution in [2.24, 2.45) is 7.05 Å². The maximum absolute atomic E-state index is 12.3. The van der Waals surface area contributed by atoms with Crippen molar-refractivity contribution in [3.8, 4) is 0 Å². The van der Waals surface area contributed by atoms with E-state index in [1.54, 1.807) is 39.3 Å². The molecular weight excluding hydrogens is 334 g/mol. The van der Waals surface area contributed by atoms with Gasteiger partial charge in [0.25, 0.3) is 0 Å².